The van der Waals surface area contributed by atoms with Crippen LogP contribution in [-0.2, 0) is 20.9 Å². The van der Waals surface area contributed by atoms with Gasteiger partial charge in [-0.05, 0) is 38.0 Å². The highest BCUT2D eigenvalue weighted by molar-refractivity contribution is 6.36. The van der Waals surface area contributed by atoms with Gasteiger partial charge in [-0.1, -0.05) is 53.7 Å². The predicted octanol–water partition coefficient (Wildman–Crippen LogP) is 4.52. The standard InChI is InChI=1S/C22H23Cl3N4O4/c1-13-15(21(25)29(28-13)11-16-17(23)7-4-8-18(16)24)9-10-20(31)33-12-19(30)27-22(32)26-14-5-2-3-6-14/h4,7-10,14H,2-3,5-6,11-12H2,1H3,(H2,26,27,30,32). The fraction of sp³-hybridized carbons (Fsp3) is 0.364. The number of imide groups is 1. The molecule has 1 aliphatic rings. The third kappa shape index (κ3) is 6.96. The molecule has 0 unspecified atom stereocenters. The van der Waals surface area contributed by atoms with E-state index < -0.39 is 24.5 Å². The Bertz CT molecular complexity index is 1060. The van der Waals surface area contributed by atoms with Crippen molar-refractivity contribution in [2.24, 2.45) is 0 Å². The highest BCUT2D eigenvalue weighted by Crippen LogP contribution is 2.28. The molecule has 0 saturated heterocycles. The molecular weight excluding hydrogens is 491 g/mol. The van der Waals surface area contributed by atoms with E-state index in [0.717, 1.165) is 31.8 Å². The molecule has 1 aromatic carbocycles. The van der Waals surface area contributed by atoms with E-state index in [9.17, 15) is 14.4 Å². The number of amides is 3. The minimum atomic E-state index is -0.765. The molecule has 3 rings (SSSR count). The average Bonchev–Trinajstić information content (AvgIpc) is 3.35. The average molecular weight is 514 g/mol. The molecule has 0 atom stereocenters. The van der Waals surface area contributed by atoms with Crippen molar-refractivity contribution in [1.29, 1.82) is 0 Å². The fourth-order valence-corrected chi connectivity index (χ4v) is 4.30. The van der Waals surface area contributed by atoms with Crippen LogP contribution in [0.5, 0.6) is 0 Å². The minimum absolute atomic E-state index is 0.0751. The van der Waals surface area contributed by atoms with E-state index in [1.54, 1.807) is 25.1 Å². The van der Waals surface area contributed by atoms with Crippen LogP contribution >= 0.6 is 34.8 Å². The fourth-order valence-electron chi connectivity index (χ4n) is 3.48. The van der Waals surface area contributed by atoms with Crippen molar-refractivity contribution in [2.75, 3.05) is 6.61 Å². The topological polar surface area (TPSA) is 102 Å². The molecule has 0 spiro atoms. The van der Waals surface area contributed by atoms with Crippen LogP contribution in [-0.4, -0.2) is 40.3 Å². The normalized spacial score (nSPS) is 13.9. The van der Waals surface area contributed by atoms with Crippen molar-refractivity contribution >= 4 is 58.8 Å². The van der Waals surface area contributed by atoms with Crippen molar-refractivity contribution in [3.63, 3.8) is 0 Å². The monoisotopic (exact) mass is 512 g/mol. The van der Waals surface area contributed by atoms with Crippen LogP contribution in [0.15, 0.2) is 24.3 Å². The maximum absolute atomic E-state index is 12.0. The molecule has 1 saturated carbocycles. The van der Waals surface area contributed by atoms with Crippen LogP contribution in [0, 0.1) is 6.92 Å². The van der Waals surface area contributed by atoms with Crippen molar-refractivity contribution in [1.82, 2.24) is 20.4 Å². The smallest absolute Gasteiger partial charge is 0.331 e. The van der Waals surface area contributed by atoms with Crippen LogP contribution in [0.25, 0.3) is 6.08 Å². The predicted molar refractivity (Wildman–Crippen MR) is 126 cm³/mol. The van der Waals surface area contributed by atoms with Crippen molar-refractivity contribution in [2.45, 2.75) is 45.2 Å². The highest BCUT2D eigenvalue weighted by atomic mass is 35.5. The van der Waals surface area contributed by atoms with Gasteiger partial charge in [0, 0.05) is 33.3 Å². The number of halogens is 3. The Hall–Kier alpha value is -2.55. The van der Waals surface area contributed by atoms with E-state index in [1.807, 2.05) is 0 Å². The van der Waals surface area contributed by atoms with Crippen LogP contribution < -0.4 is 10.6 Å². The summed E-state index contributed by atoms with van der Waals surface area (Å²) in [6.45, 7) is 1.40. The lowest BCUT2D eigenvalue weighted by molar-refractivity contribution is -0.143. The zero-order valence-corrected chi connectivity index (χ0v) is 20.1. The van der Waals surface area contributed by atoms with Gasteiger partial charge in [-0.2, -0.15) is 5.10 Å². The first kappa shape index (κ1) is 25.1. The molecule has 0 bridgehead atoms. The van der Waals surface area contributed by atoms with Gasteiger partial charge in [0.15, 0.2) is 6.61 Å². The van der Waals surface area contributed by atoms with E-state index >= 15 is 0 Å². The number of aryl methyl sites for hydroxylation is 1. The van der Waals surface area contributed by atoms with E-state index in [0.29, 0.717) is 26.9 Å². The number of carbonyl (C=O) groups is 3. The summed E-state index contributed by atoms with van der Waals surface area (Å²) in [5.74, 6) is -1.48. The van der Waals surface area contributed by atoms with Gasteiger partial charge >= 0.3 is 12.0 Å². The molecule has 0 aliphatic heterocycles. The Balaban J connectivity index is 1.53. The van der Waals surface area contributed by atoms with Gasteiger partial charge in [0.1, 0.15) is 5.15 Å². The molecular formula is C22H23Cl3N4O4. The van der Waals surface area contributed by atoms with E-state index in [1.165, 1.54) is 10.8 Å². The molecule has 2 N–H and O–H groups in total. The quantitative estimate of drug-likeness (QED) is 0.418. The molecule has 1 heterocycles. The lowest BCUT2D eigenvalue weighted by Crippen LogP contribution is -2.44. The summed E-state index contributed by atoms with van der Waals surface area (Å²) in [5, 5.41) is 10.5. The molecule has 0 radical (unpaired) electrons. The van der Waals surface area contributed by atoms with E-state index in [2.05, 4.69) is 15.7 Å². The Morgan fingerprint density at radius 3 is 2.52 bits per heavy atom. The first-order valence-corrected chi connectivity index (χ1v) is 11.5. The Morgan fingerprint density at radius 2 is 1.85 bits per heavy atom. The molecule has 11 heteroatoms. The molecule has 3 amide bonds. The number of ether oxygens (including phenoxy) is 1. The van der Waals surface area contributed by atoms with Gasteiger partial charge in [0.05, 0.1) is 12.2 Å². The number of carbonyl (C=O) groups excluding carboxylic acids is 3. The lowest BCUT2D eigenvalue weighted by atomic mass is 10.2. The van der Waals surface area contributed by atoms with Gasteiger partial charge in [-0.15, -0.1) is 0 Å². The van der Waals surface area contributed by atoms with Gasteiger partial charge in [-0.25, -0.2) is 14.3 Å². The number of rotatable bonds is 7. The largest absolute Gasteiger partial charge is 0.452 e. The van der Waals surface area contributed by atoms with Gasteiger partial charge in [0.2, 0.25) is 0 Å². The van der Waals surface area contributed by atoms with E-state index in [4.69, 9.17) is 39.5 Å². The summed E-state index contributed by atoms with van der Waals surface area (Å²) in [7, 11) is 0. The van der Waals surface area contributed by atoms with Crippen LogP contribution in [0.3, 0.4) is 0 Å². The van der Waals surface area contributed by atoms with Crippen molar-refractivity contribution in [3.05, 3.63) is 56.3 Å². The summed E-state index contributed by atoms with van der Waals surface area (Å²) in [5.41, 5.74) is 1.76. The zero-order chi connectivity index (χ0) is 24.0. The second-order valence-electron chi connectivity index (χ2n) is 7.59. The summed E-state index contributed by atoms with van der Waals surface area (Å²) in [6.07, 6.45) is 6.48. The molecule has 1 aromatic heterocycles. The van der Waals surface area contributed by atoms with E-state index in [-0.39, 0.29) is 17.7 Å². The molecule has 1 aliphatic carbocycles. The molecule has 8 nitrogen and oxygen atoms in total. The minimum Gasteiger partial charge on any atom is -0.452 e. The second-order valence-corrected chi connectivity index (χ2v) is 8.76. The molecule has 1 fully saturated rings. The maximum Gasteiger partial charge on any atom is 0.331 e. The SMILES string of the molecule is Cc1nn(Cc2c(Cl)cccc2Cl)c(Cl)c1C=CC(=O)OCC(=O)NC(=O)NC1CCCC1. The molecule has 2 aromatic rings. The Kier molecular flexibility index (Phi) is 8.77. The number of benzene rings is 1. The number of hydrogen-bond donors (Lipinski definition) is 2. The third-order valence-corrected chi connectivity index (χ3v) is 6.26. The highest BCUT2D eigenvalue weighted by Gasteiger charge is 2.19. The number of esters is 1. The number of aromatic nitrogens is 2. The second kappa shape index (κ2) is 11.5. The van der Waals surface area contributed by atoms with Crippen LogP contribution in [0.4, 0.5) is 4.79 Å². The molecule has 33 heavy (non-hydrogen) atoms. The summed E-state index contributed by atoms with van der Waals surface area (Å²) < 4.78 is 6.41. The van der Waals surface area contributed by atoms with Gasteiger partial charge in [0.25, 0.3) is 5.91 Å². The lowest BCUT2D eigenvalue weighted by Gasteiger charge is -2.12. The number of hydrogen-bond acceptors (Lipinski definition) is 5. The van der Waals surface area contributed by atoms with Gasteiger partial charge in [-0.3, -0.25) is 10.1 Å². The first-order valence-electron chi connectivity index (χ1n) is 10.4. The zero-order valence-electron chi connectivity index (χ0n) is 17.9. The number of nitrogens with one attached hydrogen (secondary N) is 2. The maximum atomic E-state index is 12.0. The van der Waals surface area contributed by atoms with Gasteiger partial charge < -0.3 is 10.1 Å². The Labute approximate surface area is 206 Å². The molecule has 176 valence electrons. The summed E-state index contributed by atoms with van der Waals surface area (Å²) in [6, 6.07) is 4.67. The van der Waals surface area contributed by atoms with Crippen LogP contribution in [0.1, 0.15) is 42.5 Å². The summed E-state index contributed by atoms with van der Waals surface area (Å²) >= 11 is 18.9. The van der Waals surface area contributed by atoms with Crippen molar-refractivity contribution < 1.29 is 19.1 Å². The number of urea groups is 1. The Morgan fingerprint density at radius 1 is 1.18 bits per heavy atom. The summed E-state index contributed by atoms with van der Waals surface area (Å²) in [4.78, 5) is 35.6. The number of nitrogens with zero attached hydrogens (tertiary/aromatic N) is 2. The van der Waals surface area contributed by atoms with Crippen LogP contribution in [0.2, 0.25) is 15.2 Å². The van der Waals surface area contributed by atoms with Crippen molar-refractivity contribution in [3.8, 4) is 0 Å². The first-order chi connectivity index (χ1) is 15.7. The third-order valence-electron chi connectivity index (χ3n) is 5.15.